The summed E-state index contributed by atoms with van der Waals surface area (Å²) in [6.45, 7) is 6.12. The van der Waals surface area contributed by atoms with Crippen LogP contribution in [0.15, 0.2) is 29.6 Å². The number of amides is 1. The van der Waals surface area contributed by atoms with Crippen molar-refractivity contribution in [2.24, 2.45) is 5.92 Å². The van der Waals surface area contributed by atoms with Crippen molar-refractivity contribution in [3.63, 3.8) is 0 Å². The van der Waals surface area contributed by atoms with Crippen LogP contribution in [-0.2, 0) is 17.6 Å². The number of anilines is 1. The van der Waals surface area contributed by atoms with Crippen molar-refractivity contribution in [1.82, 2.24) is 9.97 Å². The third-order valence-electron chi connectivity index (χ3n) is 5.24. The second-order valence-electron chi connectivity index (χ2n) is 7.37. The number of aromatic nitrogens is 2. The number of thiophene rings is 1. The zero-order valence-electron chi connectivity index (χ0n) is 16.1. The van der Waals surface area contributed by atoms with Crippen molar-refractivity contribution in [2.45, 2.75) is 50.3 Å². The van der Waals surface area contributed by atoms with Gasteiger partial charge in [0.1, 0.15) is 16.2 Å². The van der Waals surface area contributed by atoms with Crippen LogP contribution < -0.4 is 5.32 Å². The first-order chi connectivity index (χ1) is 13.4. The molecule has 0 bridgehead atoms. The first-order valence-corrected chi connectivity index (χ1v) is 11.5. The zero-order valence-corrected chi connectivity index (χ0v) is 18.5. The molecule has 2 unspecified atom stereocenters. The Morgan fingerprint density at radius 2 is 2.21 bits per heavy atom. The van der Waals surface area contributed by atoms with Gasteiger partial charge in [-0.25, -0.2) is 9.97 Å². The van der Waals surface area contributed by atoms with E-state index in [9.17, 15) is 4.79 Å². The molecule has 2 heterocycles. The van der Waals surface area contributed by atoms with Gasteiger partial charge in [0.2, 0.25) is 5.91 Å². The average molecular weight is 432 g/mol. The monoisotopic (exact) mass is 431 g/mol. The molecule has 28 heavy (non-hydrogen) atoms. The van der Waals surface area contributed by atoms with Gasteiger partial charge >= 0.3 is 0 Å². The number of fused-ring (bicyclic) bond motifs is 3. The fourth-order valence-corrected chi connectivity index (χ4v) is 6.07. The van der Waals surface area contributed by atoms with Gasteiger partial charge < -0.3 is 5.32 Å². The summed E-state index contributed by atoms with van der Waals surface area (Å²) in [5, 5.41) is 5.42. The van der Waals surface area contributed by atoms with E-state index in [1.807, 2.05) is 32.0 Å². The number of carbonyl (C=O) groups excluding carboxylic acids is 1. The van der Waals surface area contributed by atoms with Crippen LogP contribution in [-0.4, -0.2) is 21.1 Å². The molecule has 1 aliphatic carbocycles. The number of carbonyl (C=O) groups is 1. The predicted molar refractivity (Wildman–Crippen MR) is 119 cm³/mol. The number of rotatable bonds is 4. The molecule has 0 spiro atoms. The van der Waals surface area contributed by atoms with Gasteiger partial charge in [0, 0.05) is 21.0 Å². The Bertz CT molecular complexity index is 1050. The van der Waals surface area contributed by atoms with Gasteiger partial charge in [-0.2, -0.15) is 0 Å². The van der Waals surface area contributed by atoms with Crippen LogP contribution in [0.4, 0.5) is 5.69 Å². The second kappa shape index (κ2) is 8.01. The highest BCUT2D eigenvalue weighted by Gasteiger charge is 2.25. The lowest BCUT2D eigenvalue weighted by atomic mass is 9.89. The maximum atomic E-state index is 12.8. The summed E-state index contributed by atoms with van der Waals surface area (Å²) in [4.78, 5) is 24.3. The predicted octanol–water partition coefficient (Wildman–Crippen LogP) is 5.90. The van der Waals surface area contributed by atoms with Gasteiger partial charge in [-0.1, -0.05) is 36.4 Å². The molecule has 0 saturated heterocycles. The summed E-state index contributed by atoms with van der Waals surface area (Å²) in [6.07, 6.45) is 4.99. The van der Waals surface area contributed by atoms with Gasteiger partial charge in [-0.05, 0) is 62.3 Å². The minimum atomic E-state index is -0.283. The van der Waals surface area contributed by atoms with E-state index in [2.05, 4.69) is 22.2 Å². The second-order valence-corrected chi connectivity index (χ2v) is 10.2. The van der Waals surface area contributed by atoms with Crippen molar-refractivity contribution >= 4 is 56.5 Å². The summed E-state index contributed by atoms with van der Waals surface area (Å²) in [7, 11) is 0. The first-order valence-electron chi connectivity index (χ1n) is 9.42. The van der Waals surface area contributed by atoms with Crippen LogP contribution in [0.3, 0.4) is 0 Å². The highest BCUT2D eigenvalue weighted by Crippen LogP contribution is 2.41. The highest BCUT2D eigenvalue weighted by atomic mass is 35.5. The first kappa shape index (κ1) is 19.7. The van der Waals surface area contributed by atoms with Crippen molar-refractivity contribution < 1.29 is 4.79 Å². The number of benzene rings is 1. The van der Waals surface area contributed by atoms with Crippen LogP contribution in [0, 0.1) is 12.8 Å². The quantitative estimate of drug-likeness (QED) is 0.413. The van der Waals surface area contributed by atoms with E-state index >= 15 is 0 Å². The van der Waals surface area contributed by atoms with E-state index in [0.717, 1.165) is 45.3 Å². The Kier molecular flexibility index (Phi) is 5.63. The lowest BCUT2D eigenvalue weighted by molar-refractivity contribution is -0.115. The van der Waals surface area contributed by atoms with Gasteiger partial charge in [-0.3, -0.25) is 4.79 Å². The maximum absolute atomic E-state index is 12.8. The van der Waals surface area contributed by atoms with Crippen molar-refractivity contribution in [1.29, 1.82) is 0 Å². The van der Waals surface area contributed by atoms with Crippen LogP contribution in [0.25, 0.3) is 10.2 Å². The normalized spacial score (nSPS) is 17.4. The molecule has 0 saturated carbocycles. The molecule has 1 aliphatic rings. The molecule has 146 valence electrons. The third-order valence-corrected chi connectivity index (χ3v) is 7.91. The Morgan fingerprint density at radius 3 is 3.04 bits per heavy atom. The maximum Gasteiger partial charge on any atom is 0.237 e. The molecule has 0 fully saturated rings. The molecular formula is C21H22ClN3OS2. The van der Waals surface area contributed by atoms with Gasteiger partial charge in [0.05, 0.1) is 5.25 Å². The van der Waals surface area contributed by atoms with Gasteiger partial charge in [0.25, 0.3) is 0 Å². The van der Waals surface area contributed by atoms with Crippen LogP contribution >= 0.6 is 34.7 Å². The van der Waals surface area contributed by atoms with Crippen molar-refractivity contribution in [3.05, 3.63) is 45.6 Å². The SMILES string of the molecule is Cc1c(Cl)cccc1NC(=O)C(C)Sc1ncnc2sc3c(c12)CCC(C)C3. The lowest BCUT2D eigenvalue weighted by Gasteiger charge is -2.18. The van der Waals surface area contributed by atoms with Crippen LogP contribution in [0.5, 0.6) is 0 Å². The smallest absolute Gasteiger partial charge is 0.237 e. The Labute approximate surface area is 178 Å². The molecule has 0 aliphatic heterocycles. The van der Waals surface area contributed by atoms with E-state index in [0.29, 0.717) is 5.02 Å². The minimum absolute atomic E-state index is 0.0557. The molecule has 4 rings (SSSR count). The molecule has 2 aromatic heterocycles. The van der Waals surface area contributed by atoms with Crippen molar-refractivity contribution in [2.75, 3.05) is 5.32 Å². The number of aryl methyl sites for hydroxylation is 1. The third kappa shape index (κ3) is 3.78. The number of hydrogen-bond donors (Lipinski definition) is 1. The lowest BCUT2D eigenvalue weighted by Crippen LogP contribution is -2.23. The van der Waals surface area contributed by atoms with E-state index in [4.69, 9.17) is 11.6 Å². The van der Waals surface area contributed by atoms with E-state index < -0.39 is 0 Å². The highest BCUT2D eigenvalue weighted by molar-refractivity contribution is 8.00. The molecule has 1 N–H and O–H groups in total. The van der Waals surface area contributed by atoms with Crippen molar-refractivity contribution in [3.8, 4) is 0 Å². The Balaban J connectivity index is 1.57. The van der Waals surface area contributed by atoms with E-state index in [1.165, 1.54) is 28.6 Å². The zero-order chi connectivity index (χ0) is 19.8. The fraction of sp³-hybridized carbons (Fsp3) is 0.381. The molecule has 4 nitrogen and oxygen atoms in total. The van der Waals surface area contributed by atoms with Gasteiger partial charge in [0.15, 0.2) is 0 Å². The Morgan fingerprint density at radius 1 is 1.39 bits per heavy atom. The van der Waals surface area contributed by atoms with Crippen LogP contribution in [0.2, 0.25) is 5.02 Å². The standard InChI is InChI=1S/C21H22ClN3OS2/c1-11-7-8-14-17(9-11)28-21-18(14)20(23-10-24-21)27-13(3)19(26)25-16-6-4-5-15(22)12(16)2/h4-6,10-11,13H,7-9H2,1-3H3,(H,25,26). The molecule has 7 heteroatoms. The number of hydrogen-bond acceptors (Lipinski definition) is 5. The molecule has 0 radical (unpaired) electrons. The summed E-state index contributed by atoms with van der Waals surface area (Å²) >= 11 is 9.44. The fourth-order valence-electron chi connectivity index (χ4n) is 3.53. The topological polar surface area (TPSA) is 54.9 Å². The summed E-state index contributed by atoms with van der Waals surface area (Å²) in [6, 6.07) is 5.54. The number of halogens is 1. The number of thioether (sulfide) groups is 1. The summed E-state index contributed by atoms with van der Waals surface area (Å²) in [5.41, 5.74) is 3.01. The van der Waals surface area contributed by atoms with E-state index in [1.54, 1.807) is 17.7 Å². The van der Waals surface area contributed by atoms with Crippen LogP contribution in [0.1, 0.15) is 36.3 Å². The average Bonchev–Trinajstić information content (AvgIpc) is 3.03. The molecule has 2 atom stereocenters. The minimum Gasteiger partial charge on any atom is -0.325 e. The summed E-state index contributed by atoms with van der Waals surface area (Å²) < 4.78 is 0. The van der Waals surface area contributed by atoms with Gasteiger partial charge in [-0.15, -0.1) is 11.3 Å². The van der Waals surface area contributed by atoms with E-state index in [-0.39, 0.29) is 11.2 Å². The molecular weight excluding hydrogens is 410 g/mol. The summed E-state index contributed by atoms with van der Waals surface area (Å²) in [5.74, 6) is 0.662. The largest absolute Gasteiger partial charge is 0.325 e. The number of nitrogens with zero attached hydrogens (tertiary/aromatic N) is 2. The molecule has 1 aromatic carbocycles. The molecule has 1 amide bonds. The Hall–Kier alpha value is -1.63. The molecule has 3 aromatic rings. The number of nitrogens with one attached hydrogen (secondary N) is 1.